The van der Waals surface area contributed by atoms with E-state index in [-0.39, 0.29) is 0 Å². The van der Waals surface area contributed by atoms with Gasteiger partial charge in [-0.15, -0.1) is 0 Å². The number of nitrogens with zero attached hydrogens (tertiary/aromatic N) is 1. The van der Waals surface area contributed by atoms with Crippen LogP contribution in [0.2, 0.25) is 19.1 Å². The fourth-order valence-electron chi connectivity index (χ4n) is 4.84. The number of aromatic nitrogens is 1. The molecule has 0 unspecified atom stereocenters. The molecule has 1 aromatic heterocycles. The normalized spacial score (nSPS) is 12.6. The van der Waals surface area contributed by atoms with Gasteiger partial charge in [-0.25, -0.2) is 4.57 Å². The molecule has 0 spiro atoms. The van der Waals surface area contributed by atoms with E-state index in [0.29, 0.717) is 5.41 Å². The number of benzene rings is 2. The minimum absolute atomic E-state index is 0.370. The average molecular weight is 391 g/mol. The number of pyridine rings is 1. The van der Waals surface area contributed by atoms with Gasteiger partial charge in [-0.1, -0.05) is 62.8 Å². The van der Waals surface area contributed by atoms with Gasteiger partial charge >= 0.3 is 0 Å². The summed E-state index contributed by atoms with van der Waals surface area (Å²) < 4.78 is 2.28. The molecule has 0 aliphatic carbocycles. The Balaban J connectivity index is 2.21. The standard InChI is InChI=1S/C26H36NSi/c1-18-14-19(2)20(3)24(15-18)25-23-11-10-22(16-21(23)12-13-27(25)7)28(8,9)17-26(4,5)6/h10-16H,17H2,1-9H3/q+1. The Labute approximate surface area is 172 Å². The van der Waals surface area contributed by atoms with Gasteiger partial charge in [-0.05, 0) is 60.9 Å². The van der Waals surface area contributed by atoms with Crippen LogP contribution in [0.25, 0.3) is 22.0 Å². The number of fused-ring (bicyclic) bond motifs is 1. The summed E-state index contributed by atoms with van der Waals surface area (Å²) in [6, 6.07) is 15.4. The van der Waals surface area contributed by atoms with Crippen molar-refractivity contribution in [3.63, 3.8) is 0 Å². The summed E-state index contributed by atoms with van der Waals surface area (Å²) in [5, 5.41) is 4.27. The molecule has 0 saturated carbocycles. The van der Waals surface area contributed by atoms with Gasteiger partial charge in [0.25, 0.3) is 0 Å². The number of rotatable bonds is 3. The molecule has 0 fully saturated rings. The van der Waals surface area contributed by atoms with Gasteiger partial charge in [-0.2, -0.15) is 0 Å². The molecule has 1 heterocycles. The highest BCUT2D eigenvalue weighted by atomic mass is 28.3. The third kappa shape index (κ3) is 4.07. The Bertz CT molecular complexity index is 1040. The van der Waals surface area contributed by atoms with Crippen molar-refractivity contribution < 1.29 is 4.57 Å². The molecule has 0 bridgehead atoms. The van der Waals surface area contributed by atoms with Crippen molar-refractivity contribution in [1.82, 2.24) is 0 Å². The zero-order valence-corrected chi connectivity index (χ0v) is 20.2. The van der Waals surface area contributed by atoms with Crippen molar-refractivity contribution in [3.05, 3.63) is 59.3 Å². The van der Waals surface area contributed by atoms with Crippen LogP contribution in [0.5, 0.6) is 0 Å². The monoisotopic (exact) mass is 390 g/mol. The SMILES string of the molecule is Cc1cc(C)c(C)c(-c2c3ccc([Si](C)(C)CC(C)(C)C)cc3cc[n+]2C)c1. The summed E-state index contributed by atoms with van der Waals surface area (Å²) in [7, 11) is 0.687. The Hall–Kier alpha value is -1.93. The Morgan fingerprint density at radius 3 is 2.25 bits per heavy atom. The maximum absolute atomic E-state index is 2.51. The predicted octanol–water partition coefficient (Wildman–Crippen LogP) is 6.22. The van der Waals surface area contributed by atoms with Crippen LogP contribution in [0.1, 0.15) is 37.5 Å². The molecule has 0 aliphatic rings. The lowest BCUT2D eigenvalue weighted by molar-refractivity contribution is -0.659. The first-order valence-electron chi connectivity index (χ1n) is 10.4. The third-order valence-corrected chi connectivity index (χ3v) is 9.78. The Morgan fingerprint density at radius 2 is 1.61 bits per heavy atom. The van der Waals surface area contributed by atoms with E-state index in [1.165, 1.54) is 44.8 Å². The number of hydrogen-bond donors (Lipinski definition) is 0. The molecule has 3 aromatic rings. The Morgan fingerprint density at radius 1 is 0.929 bits per heavy atom. The highest BCUT2D eigenvalue weighted by Gasteiger charge is 2.30. The van der Waals surface area contributed by atoms with Crippen LogP contribution in [-0.2, 0) is 7.05 Å². The topological polar surface area (TPSA) is 3.88 Å². The van der Waals surface area contributed by atoms with Crippen molar-refractivity contribution in [1.29, 1.82) is 0 Å². The van der Waals surface area contributed by atoms with Gasteiger partial charge in [0.05, 0.1) is 19.0 Å². The highest BCUT2D eigenvalue weighted by molar-refractivity contribution is 6.90. The predicted molar refractivity (Wildman–Crippen MR) is 126 cm³/mol. The van der Waals surface area contributed by atoms with Crippen LogP contribution in [0, 0.1) is 26.2 Å². The van der Waals surface area contributed by atoms with Gasteiger partial charge in [-0.3, -0.25) is 0 Å². The van der Waals surface area contributed by atoms with E-state index in [1.807, 2.05) is 0 Å². The van der Waals surface area contributed by atoms with Gasteiger partial charge in [0.1, 0.15) is 7.05 Å². The smallest absolute Gasteiger partial charge is 0.200 e. The van der Waals surface area contributed by atoms with E-state index in [2.05, 4.69) is 109 Å². The van der Waals surface area contributed by atoms with E-state index >= 15 is 0 Å². The van der Waals surface area contributed by atoms with E-state index in [1.54, 1.807) is 5.19 Å². The minimum atomic E-state index is -1.48. The fourth-order valence-corrected chi connectivity index (χ4v) is 8.78. The summed E-state index contributed by atoms with van der Waals surface area (Å²) in [6.45, 7) is 18.8. The van der Waals surface area contributed by atoms with Crippen molar-refractivity contribution in [2.24, 2.45) is 12.5 Å². The van der Waals surface area contributed by atoms with Crippen molar-refractivity contribution in [2.45, 2.75) is 60.7 Å². The Kier molecular flexibility index (Phi) is 5.31. The van der Waals surface area contributed by atoms with Crippen LogP contribution in [0.3, 0.4) is 0 Å². The first kappa shape index (κ1) is 20.8. The average Bonchev–Trinajstić information content (AvgIpc) is 2.56. The zero-order chi connectivity index (χ0) is 20.9. The fraction of sp³-hybridized carbons (Fsp3) is 0.423. The molecule has 3 rings (SSSR count). The molecular weight excluding hydrogens is 354 g/mol. The third-order valence-electron chi connectivity index (χ3n) is 5.96. The van der Waals surface area contributed by atoms with Gasteiger partial charge < -0.3 is 0 Å². The second kappa shape index (κ2) is 7.15. The minimum Gasteiger partial charge on any atom is -0.200 e. The number of aryl methyl sites for hydroxylation is 3. The largest absolute Gasteiger partial charge is 0.220 e. The second-order valence-electron chi connectivity index (χ2n) is 10.5. The molecule has 0 aliphatic heterocycles. The van der Waals surface area contributed by atoms with Crippen LogP contribution in [0.15, 0.2) is 42.6 Å². The van der Waals surface area contributed by atoms with E-state index in [4.69, 9.17) is 0 Å². The zero-order valence-electron chi connectivity index (χ0n) is 19.2. The van der Waals surface area contributed by atoms with Crippen molar-refractivity contribution in [3.8, 4) is 11.3 Å². The first-order valence-corrected chi connectivity index (χ1v) is 13.6. The molecule has 148 valence electrons. The molecule has 0 atom stereocenters. The lowest BCUT2D eigenvalue weighted by atomic mass is 9.94. The number of hydrogen-bond acceptors (Lipinski definition) is 0. The van der Waals surface area contributed by atoms with Crippen LogP contribution in [-0.4, -0.2) is 8.07 Å². The molecule has 2 heteroatoms. The highest BCUT2D eigenvalue weighted by Crippen LogP contribution is 2.32. The van der Waals surface area contributed by atoms with Crippen LogP contribution < -0.4 is 9.75 Å². The van der Waals surface area contributed by atoms with E-state index in [9.17, 15) is 0 Å². The quantitative estimate of drug-likeness (QED) is 0.369. The summed E-state index contributed by atoms with van der Waals surface area (Å²) >= 11 is 0. The lowest BCUT2D eigenvalue weighted by Crippen LogP contribution is -2.44. The first-order chi connectivity index (χ1) is 12.9. The van der Waals surface area contributed by atoms with Crippen molar-refractivity contribution >= 4 is 24.0 Å². The molecule has 0 amide bonds. The summed E-state index contributed by atoms with van der Waals surface area (Å²) in [6.07, 6.45) is 2.22. The molecule has 0 N–H and O–H groups in total. The molecule has 28 heavy (non-hydrogen) atoms. The van der Waals surface area contributed by atoms with Crippen LogP contribution in [0.4, 0.5) is 0 Å². The second-order valence-corrected chi connectivity index (χ2v) is 15.2. The maximum Gasteiger partial charge on any atom is 0.220 e. The van der Waals surface area contributed by atoms with E-state index < -0.39 is 8.07 Å². The van der Waals surface area contributed by atoms with E-state index in [0.717, 1.165) is 0 Å². The molecule has 0 saturated heterocycles. The summed E-state index contributed by atoms with van der Waals surface area (Å²) in [5.74, 6) is 0. The molecule has 2 aromatic carbocycles. The van der Waals surface area contributed by atoms with Gasteiger partial charge in [0.2, 0.25) is 5.69 Å². The maximum atomic E-state index is 2.51. The van der Waals surface area contributed by atoms with Gasteiger partial charge in [0, 0.05) is 6.07 Å². The lowest BCUT2D eigenvalue weighted by Gasteiger charge is -2.31. The molecule has 1 nitrogen and oxygen atoms in total. The van der Waals surface area contributed by atoms with Gasteiger partial charge in [0.15, 0.2) is 6.20 Å². The summed E-state index contributed by atoms with van der Waals surface area (Å²) in [4.78, 5) is 0. The summed E-state index contributed by atoms with van der Waals surface area (Å²) in [5.41, 5.74) is 7.11. The molecule has 0 radical (unpaired) electrons. The molecular formula is C26H36NSi+. The van der Waals surface area contributed by atoms with Crippen LogP contribution >= 0.6 is 0 Å². The van der Waals surface area contributed by atoms with Crippen molar-refractivity contribution in [2.75, 3.05) is 0 Å².